The molecule has 1 atom stereocenters. The van der Waals surface area contributed by atoms with Crippen LogP contribution in [0.1, 0.15) is 38.7 Å². The second-order valence-corrected chi connectivity index (χ2v) is 5.53. The molecule has 1 aromatic carbocycles. The van der Waals surface area contributed by atoms with Gasteiger partial charge in [-0.25, -0.2) is 0 Å². The maximum absolute atomic E-state index is 12.8. The number of aliphatic carboxylic acids is 1. The van der Waals surface area contributed by atoms with Gasteiger partial charge in [-0.1, -0.05) is 37.3 Å². The minimum atomic E-state index is -0.956. The van der Waals surface area contributed by atoms with E-state index in [1.807, 2.05) is 44.2 Å². The lowest BCUT2D eigenvalue weighted by Gasteiger charge is -2.31. The van der Waals surface area contributed by atoms with Gasteiger partial charge in [-0.2, -0.15) is 0 Å². The number of carbonyl (C=O) groups excluding carboxylic acids is 1. The number of amides is 1. The molecule has 1 N–H and O–H groups in total. The summed E-state index contributed by atoms with van der Waals surface area (Å²) in [5, 5.41) is 9.04. The number of nitrogens with zero attached hydrogens (tertiary/aromatic N) is 1. The monoisotopic (exact) mass is 275 g/mol. The van der Waals surface area contributed by atoms with Crippen LogP contribution in [0.15, 0.2) is 30.3 Å². The lowest BCUT2D eigenvalue weighted by atomic mass is 9.93. The summed E-state index contributed by atoms with van der Waals surface area (Å²) in [7, 11) is 0. The molecule has 0 aromatic heterocycles. The van der Waals surface area contributed by atoms with Crippen LogP contribution in [0.4, 0.5) is 0 Å². The van der Waals surface area contributed by atoms with Crippen molar-refractivity contribution in [3.63, 3.8) is 0 Å². The molecule has 1 aliphatic carbocycles. The molecular formula is C16H21NO3. The van der Waals surface area contributed by atoms with Crippen molar-refractivity contribution in [2.24, 2.45) is 0 Å². The fraction of sp³-hybridized carbons (Fsp3) is 0.500. The Hall–Kier alpha value is -1.84. The van der Waals surface area contributed by atoms with Gasteiger partial charge in [0.2, 0.25) is 5.91 Å². The number of hydrogen-bond donors (Lipinski definition) is 1. The molecule has 20 heavy (non-hydrogen) atoms. The summed E-state index contributed by atoms with van der Waals surface area (Å²) >= 11 is 0. The average Bonchev–Trinajstić information content (AvgIpc) is 3.25. The third-order valence-corrected chi connectivity index (χ3v) is 4.18. The minimum absolute atomic E-state index is 0.0412. The molecule has 4 nitrogen and oxygen atoms in total. The summed E-state index contributed by atoms with van der Waals surface area (Å²) in [5.74, 6) is -0.997. The Morgan fingerprint density at radius 1 is 1.30 bits per heavy atom. The van der Waals surface area contributed by atoms with E-state index in [0.29, 0.717) is 0 Å². The maximum atomic E-state index is 12.8. The van der Waals surface area contributed by atoms with E-state index >= 15 is 0 Å². The highest BCUT2D eigenvalue weighted by molar-refractivity contribution is 5.93. The molecule has 2 rings (SSSR count). The number of hydrogen-bond acceptors (Lipinski definition) is 2. The zero-order valence-corrected chi connectivity index (χ0v) is 12.0. The third-order valence-electron chi connectivity index (χ3n) is 4.18. The summed E-state index contributed by atoms with van der Waals surface area (Å²) < 4.78 is 0. The molecule has 0 bridgehead atoms. The number of benzene rings is 1. The van der Waals surface area contributed by atoms with Crippen molar-refractivity contribution in [1.82, 2.24) is 4.90 Å². The number of rotatable bonds is 6. The highest BCUT2D eigenvalue weighted by atomic mass is 16.4. The van der Waals surface area contributed by atoms with Gasteiger partial charge in [-0.05, 0) is 31.7 Å². The van der Waals surface area contributed by atoms with Crippen LogP contribution in [0.3, 0.4) is 0 Å². The van der Waals surface area contributed by atoms with Gasteiger partial charge in [0.1, 0.15) is 6.54 Å². The van der Waals surface area contributed by atoms with Crippen molar-refractivity contribution in [2.45, 2.75) is 44.6 Å². The highest BCUT2D eigenvalue weighted by Gasteiger charge is 2.53. The molecule has 108 valence electrons. The van der Waals surface area contributed by atoms with Crippen LogP contribution < -0.4 is 0 Å². The van der Waals surface area contributed by atoms with E-state index in [0.717, 1.165) is 24.8 Å². The molecule has 1 unspecified atom stereocenters. The molecule has 0 radical (unpaired) electrons. The fourth-order valence-electron chi connectivity index (χ4n) is 2.58. The first-order valence-electron chi connectivity index (χ1n) is 7.09. The first kappa shape index (κ1) is 14.6. The van der Waals surface area contributed by atoms with Crippen LogP contribution in [0.2, 0.25) is 0 Å². The summed E-state index contributed by atoms with van der Waals surface area (Å²) in [6.45, 7) is 3.65. The molecule has 4 heteroatoms. The molecular weight excluding hydrogens is 254 g/mol. The van der Waals surface area contributed by atoms with E-state index in [1.165, 1.54) is 4.90 Å². The van der Waals surface area contributed by atoms with E-state index in [2.05, 4.69) is 0 Å². The van der Waals surface area contributed by atoms with Gasteiger partial charge in [0.25, 0.3) is 0 Å². The molecule has 0 heterocycles. The van der Waals surface area contributed by atoms with Gasteiger partial charge in [-0.3, -0.25) is 9.59 Å². The number of carboxylic acid groups (broad SMARTS) is 1. The van der Waals surface area contributed by atoms with Gasteiger partial charge in [0.05, 0.1) is 5.41 Å². The molecule has 1 amide bonds. The smallest absolute Gasteiger partial charge is 0.323 e. The van der Waals surface area contributed by atoms with Gasteiger partial charge < -0.3 is 10.0 Å². The van der Waals surface area contributed by atoms with E-state index in [1.54, 1.807) is 0 Å². The predicted molar refractivity (Wildman–Crippen MR) is 76.5 cm³/mol. The molecule has 0 spiro atoms. The summed E-state index contributed by atoms with van der Waals surface area (Å²) in [5.41, 5.74) is 0.517. The zero-order chi connectivity index (χ0) is 14.8. The summed E-state index contributed by atoms with van der Waals surface area (Å²) in [6.07, 6.45) is 2.37. The fourth-order valence-corrected chi connectivity index (χ4v) is 2.58. The van der Waals surface area contributed by atoms with Crippen molar-refractivity contribution in [2.75, 3.05) is 6.54 Å². The van der Waals surface area contributed by atoms with Crippen molar-refractivity contribution >= 4 is 11.9 Å². The Bertz CT molecular complexity index is 494. The van der Waals surface area contributed by atoms with Crippen LogP contribution in [0.5, 0.6) is 0 Å². The predicted octanol–water partition coefficient (Wildman–Crippen LogP) is 2.43. The normalized spacial score (nSPS) is 17.3. The van der Waals surface area contributed by atoms with Crippen molar-refractivity contribution in [1.29, 1.82) is 0 Å². The molecule has 1 aliphatic rings. The van der Waals surface area contributed by atoms with E-state index in [4.69, 9.17) is 5.11 Å². The van der Waals surface area contributed by atoms with E-state index < -0.39 is 11.4 Å². The topological polar surface area (TPSA) is 57.6 Å². The number of carboxylic acids is 1. The van der Waals surface area contributed by atoms with Crippen LogP contribution in [0.25, 0.3) is 0 Å². The lowest BCUT2D eigenvalue weighted by molar-refractivity contribution is -0.147. The zero-order valence-electron chi connectivity index (χ0n) is 12.0. The minimum Gasteiger partial charge on any atom is -0.480 e. The third kappa shape index (κ3) is 2.69. The van der Waals surface area contributed by atoms with Gasteiger partial charge in [0, 0.05) is 6.04 Å². The summed E-state index contributed by atoms with van der Waals surface area (Å²) in [4.78, 5) is 25.4. The standard InChI is InChI=1S/C16H21NO3/c1-3-12(2)17(11-14(18)19)15(20)16(9-10-16)13-7-5-4-6-8-13/h4-8,12H,3,9-11H2,1-2H3,(H,18,19). The highest BCUT2D eigenvalue weighted by Crippen LogP contribution is 2.49. The lowest BCUT2D eigenvalue weighted by Crippen LogP contribution is -2.46. The first-order chi connectivity index (χ1) is 9.51. The maximum Gasteiger partial charge on any atom is 0.323 e. The summed E-state index contributed by atoms with van der Waals surface area (Å²) in [6, 6.07) is 9.63. The van der Waals surface area contributed by atoms with Crippen molar-refractivity contribution < 1.29 is 14.7 Å². The van der Waals surface area contributed by atoms with Crippen LogP contribution in [-0.2, 0) is 15.0 Å². The van der Waals surface area contributed by atoms with Crippen LogP contribution >= 0.6 is 0 Å². The molecule has 1 aromatic rings. The second kappa shape index (κ2) is 5.65. The Morgan fingerprint density at radius 3 is 2.35 bits per heavy atom. The van der Waals surface area contributed by atoms with Crippen LogP contribution in [0, 0.1) is 0 Å². The van der Waals surface area contributed by atoms with Crippen molar-refractivity contribution in [3.05, 3.63) is 35.9 Å². The first-order valence-corrected chi connectivity index (χ1v) is 7.09. The van der Waals surface area contributed by atoms with Gasteiger partial charge in [0.15, 0.2) is 0 Å². The SMILES string of the molecule is CCC(C)N(CC(=O)O)C(=O)C1(c2ccccc2)CC1. The quantitative estimate of drug-likeness (QED) is 0.867. The number of carbonyl (C=O) groups is 2. The van der Waals surface area contributed by atoms with Gasteiger partial charge >= 0.3 is 5.97 Å². The molecule has 0 aliphatic heterocycles. The van der Waals surface area contributed by atoms with Gasteiger partial charge in [-0.15, -0.1) is 0 Å². The molecule has 1 fully saturated rings. The Kier molecular flexibility index (Phi) is 4.12. The van der Waals surface area contributed by atoms with Crippen LogP contribution in [-0.4, -0.2) is 34.5 Å². The largest absolute Gasteiger partial charge is 0.480 e. The molecule has 0 saturated heterocycles. The Morgan fingerprint density at radius 2 is 1.90 bits per heavy atom. The van der Waals surface area contributed by atoms with Crippen molar-refractivity contribution in [3.8, 4) is 0 Å². The van der Waals surface area contributed by atoms with E-state index in [-0.39, 0.29) is 18.5 Å². The Balaban J connectivity index is 2.26. The molecule has 1 saturated carbocycles. The van der Waals surface area contributed by atoms with E-state index in [9.17, 15) is 9.59 Å². The second-order valence-electron chi connectivity index (χ2n) is 5.53. The average molecular weight is 275 g/mol. The Labute approximate surface area is 119 Å².